The largest absolute Gasteiger partial charge is 0.462 e. The highest BCUT2D eigenvalue weighted by Crippen LogP contribution is 2.24. The van der Waals surface area contributed by atoms with Crippen LogP contribution in [0.3, 0.4) is 0 Å². The minimum Gasteiger partial charge on any atom is -0.462 e. The smallest absolute Gasteiger partial charge is 0.338 e. The van der Waals surface area contributed by atoms with E-state index in [1.807, 2.05) is 30.3 Å². The molecule has 0 bridgehead atoms. The average Bonchev–Trinajstić information content (AvgIpc) is 2.58. The van der Waals surface area contributed by atoms with Crippen LogP contribution in [0.2, 0.25) is 0 Å². The van der Waals surface area contributed by atoms with E-state index in [0.29, 0.717) is 38.6 Å². The molecule has 5 nitrogen and oxygen atoms in total. The van der Waals surface area contributed by atoms with Crippen LogP contribution in [0, 0.1) is 0 Å². The van der Waals surface area contributed by atoms with Gasteiger partial charge in [-0.05, 0) is 29.3 Å². The molecule has 0 saturated heterocycles. The molecule has 0 aromatic heterocycles. The number of esters is 1. The van der Waals surface area contributed by atoms with Gasteiger partial charge in [0.25, 0.3) is 0 Å². The highest BCUT2D eigenvalue weighted by atomic mass is 16.5. The van der Waals surface area contributed by atoms with Crippen molar-refractivity contribution in [2.75, 3.05) is 33.0 Å². The molecule has 0 spiro atoms. The van der Waals surface area contributed by atoms with Gasteiger partial charge in [-0.25, -0.2) is 4.79 Å². The molecule has 2 aromatic rings. The number of aliphatic hydroxyl groups excluding tert-OH is 1. The van der Waals surface area contributed by atoms with Crippen LogP contribution in [0.25, 0.3) is 10.8 Å². The number of rotatable bonds is 9. The second-order valence-electron chi connectivity index (χ2n) is 4.93. The number of benzene rings is 2. The van der Waals surface area contributed by atoms with Crippen molar-refractivity contribution < 1.29 is 24.1 Å². The van der Waals surface area contributed by atoms with Crippen LogP contribution in [0.4, 0.5) is 0 Å². The van der Waals surface area contributed by atoms with Gasteiger partial charge in [-0.1, -0.05) is 30.3 Å². The SMILES string of the molecule is CCOC(=O)c1ccc(COCCOCCO)c2ccccc12. The first-order valence-corrected chi connectivity index (χ1v) is 7.72. The van der Waals surface area contributed by atoms with Gasteiger partial charge in [0.15, 0.2) is 0 Å². The van der Waals surface area contributed by atoms with E-state index in [9.17, 15) is 4.79 Å². The van der Waals surface area contributed by atoms with E-state index in [1.165, 1.54) is 0 Å². The summed E-state index contributed by atoms with van der Waals surface area (Å²) >= 11 is 0. The van der Waals surface area contributed by atoms with E-state index < -0.39 is 0 Å². The lowest BCUT2D eigenvalue weighted by Gasteiger charge is -2.11. The zero-order chi connectivity index (χ0) is 16.5. The van der Waals surface area contributed by atoms with Crippen molar-refractivity contribution >= 4 is 16.7 Å². The summed E-state index contributed by atoms with van der Waals surface area (Å²) in [6.07, 6.45) is 0. The molecule has 0 radical (unpaired) electrons. The lowest BCUT2D eigenvalue weighted by atomic mass is 10.00. The van der Waals surface area contributed by atoms with E-state index in [4.69, 9.17) is 19.3 Å². The Morgan fingerprint density at radius 1 is 1.00 bits per heavy atom. The molecule has 0 aliphatic carbocycles. The predicted molar refractivity (Wildman–Crippen MR) is 87.5 cm³/mol. The molecule has 2 aromatic carbocycles. The number of fused-ring (bicyclic) bond motifs is 1. The van der Waals surface area contributed by atoms with Crippen LogP contribution in [-0.4, -0.2) is 44.1 Å². The summed E-state index contributed by atoms with van der Waals surface area (Å²) in [6, 6.07) is 11.4. The lowest BCUT2D eigenvalue weighted by molar-refractivity contribution is 0.0277. The summed E-state index contributed by atoms with van der Waals surface area (Å²) in [6.45, 7) is 3.81. The molecule has 23 heavy (non-hydrogen) atoms. The van der Waals surface area contributed by atoms with Gasteiger partial charge in [-0.15, -0.1) is 0 Å². The van der Waals surface area contributed by atoms with Gasteiger partial charge in [0.1, 0.15) is 0 Å². The van der Waals surface area contributed by atoms with E-state index >= 15 is 0 Å². The summed E-state index contributed by atoms with van der Waals surface area (Å²) in [5, 5.41) is 10.5. The number of carbonyl (C=O) groups excluding carboxylic acids is 1. The van der Waals surface area contributed by atoms with Crippen LogP contribution in [0.15, 0.2) is 36.4 Å². The second kappa shape index (κ2) is 9.25. The maximum absolute atomic E-state index is 12.0. The molecule has 0 atom stereocenters. The van der Waals surface area contributed by atoms with Crippen LogP contribution in [0.5, 0.6) is 0 Å². The molecule has 0 saturated carbocycles. The van der Waals surface area contributed by atoms with Gasteiger partial charge in [0.2, 0.25) is 0 Å². The third-order valence-corrected chi connectivity index (χ3v) is 3.37. The minimum atomic E-state index is -0.312. The highest BCUT2D eigenvalue weighted by molar-refractivity contribution is 6.05. The van der Waals surface area contributed by atoms with Gasteiger partial charge in [-0.2, -0.15) is 0 Å². The number of ether oxygens (including phenoxy) is 3. The number of hydrogen-bond donors (Lipinski definition) is 1. The molecule has 0 fully saturated rings. The van der Waals surface area contributed by atoms with Crippen molar-refractivity contribution in [1.82, 2.24) is 0 Å². The predicted octanol–water partition coefficient (Wildman–Crippen LogP) is 2.54. The zero-order valence-electron chi connectivity index (χ0n) is 13.3. The van der Waals surface area contributed by atoms with Gasteiger partial charge >= 0.3 is 5.97 Å². The standard InChI is InChI=1S/C18H22O5/c1-2-23-18(20)17-8-7-14(13-22-12-11-21-10-9-19)15-5-3-4-6-16(15)17/h3-8,19H,2,9-13H2,1H3. The van der Waals surface area contributed by atoms with Gasteiger partial charge < -0.3 is 19.3 Å². The molecule has 0 aliphatic heterocycles. The molecule has 0 heterocycles. The molecule has 0 amide bonds. The number of carbonyl (C=O) groups is 1. The summed E-state index contributed by atoms with van der Waals surface area (Å²) in [4.78, 5) is 12.0. The fourth-order valence-electron chi connectivity index (χ4n) is 2.34. The summed E-state index contributed by atoms with van der Waals surface area (Å²) < 4.78 is 15.9. The Bertz CT molecular complexity index is 638. The Morgan fingerprint density at radius 3 is 2.48 bits per heavy atom. The maximum Gasteiger partial charge on any atom is 0.338 e. The Hall–Kier alpha value is -1.95. The normalized spacial score (nSPS) is 10.9. The van der Waals surface area contributed by atoms with Crippen LogP contribution < -0.4 is 0 Å². The van der Waals surface area contributed by atoms with Gasteiger partial charge in [0, 0.05) is 0 Å². The molecule has 1 N–H and O–H groups in total. The topological polar surface area (TPSA) is 65.0 Å². The van der Waals surface area contributed by atoms with Crippen molar-refractivity contribution in [2.45, 2.75) is 13.5 Å². The molecular weight excluding hydrogens is 296 g/mol. The fraction of sp³-hybridized carbons (Fsp3) is 0.389. The Balaban J connectivity index is 2.10. The summed E-state index contributed by atoms with van der Waals surface area (Å²) in [5.74, 6) is -0.312. The van der Waals surface area contributed by atoms with E-state index in [1.54, 1.807) is 13.0 Å². The summed E-state index contributed by atoms with van der Waals surface area (Å²) in [5.41, 5.74) is 1.58. The van der Waals surface area contributed by atoms with Crippen molar-refractivity contribution in [3.63, 3.8) is 0 Å². The Morgan fingerprint density at radius 2 is 1.74 bits per heavy atom. The van der Waals surface area contributed by atoms with Crippen LogP contribution in [0.1, 0.15) is 22.8 Å². The Kier molecular flexibility index (Phi) is 7.00. The first-order chi connectivity index (χ1) is 11.3. The van der Waals surface area contributed by atoms with Gasteiger partial charge in [-0.3, -0.25) is 0 Å². The molecule has 5 heteroatoms. The monoisotopic (exact) mass is 318 g/mol. The lowest BCUT2D eigenvalue weighted by Crippen LogP contribution is -2.08. The van der Waals surface area contributed by atoms with Crippen molar-refractivity contribution in [3.8, 4) is 0 Å². The van der Waals surface area contributed by atoms with Gasteiger partial charge in [0.05, 0.1) is 45.2 Å². The summed E-state index contributed by atoms with van der Waals surface area (Å²) in [7, 11) is 0. The fourth-order valence-corrected chi connectivity index (χ4v) is 2.34. The first kappa shape index (κ1) is 17.4. The average molecular weight is 318 g/mol. The first-order valence-electron chi connectivity index (χ1n) is 7.72. The van der Waals surface area contributed by atoms with E-state index in [-0.39, 0.29) is 12.6 Å². The molecule has 2 rings (SSSR count). The highest BCUT2D eigenvalue weighted by Gasteiger charge is 2.13. The quantitative estimate of drug-likeness (QED) is 0.568. The zero-order valence-corrected chi connectivity index (χ0v) is 13.3. The second-order valence-corrected chi connectivity index (χ2v) is 4.93. The van der Waals surface area contributed by atoms with Crippen LogP contribution in [-0.2, 0) is 20.8 Å². The molecule has 0 aliphatic rings. The van der Waals surface area contributed by atoms with Crippen LogP contribution >= 0.6 is 0 Å². The van der Waals surface area contributed by atoms with E-state index in [0.717, 1.165) is 16.3 Å². The number of aliphatic hydroxyl groups is 1. The van der Waals surface area contributed by atoms with Crippen molar-refractivity contribution in [2.24, 2.45) is 0 Å². The number of hydrogen-bond acceptors (Lipinski definition) is 5. The molecule has 0 unspecified atom stereocenters. The minimum absolute atomic E-state index is 0.0138. The third-order valence-electron chi connectivity index (χ3n) is 3.37. The maximum atomic E-state index is 12.0. The third kappa shape index (κ3) is 4.76. The molecule has 124 valence electrons. The molecular formula is C18H22O5. The van der Waals surface area contributed by atoms with Crippen molar-refractivity contribution in [1.29, 1.82) is 0 Å². The Labute approximate surface area is 135 Å². The van der Waals surface area contributed by atoms with E-state index in [2.05, 4.69) is 0 Å². The van der Waals surface area contributed by atoms with Crippen molar-refractivity contribution in [3.05, 3.63) is 47.5 Å².